The highest BCUT2D eigenvalue weighted by molar-refractivity contribution is 14.0. The first-order chi connectivity index (χ1) is 15.0. The SMILES string of the molecule is CN=C(NCc1ccc(C(=O)N2CCCCC2)cc1)NCC(C)Oc1cccc(F)c1.I. The molecule has 1 aliphatic heterocycles. The van der Waals surface area contributed by atoms with Gasteiger partial charge in [0.05, 0.1) is 6.54 Å². The van der Waals surface area contributed by atoms with Gasteiger partial charge < -0.3 is 20.3 Å². The van der Waals surface area contributed by atoms with Gasteiger partial charge in [-0.25, -0.2) is 4.39 Å². The molecule has 1 fully saturated rings. The van der Waals surface area contributed by atoms with Crippen LogP contribution in [-0.4, -0.2) is 49.6 Å². The molecule has 0 spiro atoms. The predicted octanol–water partition coefficient (Wildman–Crippen LogP) is 4.20. The molecule has 0 radical (unpaired) electrons. The van der Waals surface area contributed by atoms with E-state index >= 15 is 0 Å². The van der Waals surface area contributed by atoms with Gasteiger partial charge in [0.2, 0.25) is 0 Å². The Bertz CT molecular complexity index is 886. The Kier molecular flexibility index (Phi) is 10.7. The molecule has 3 rings (SSSR count). The van der Waals surface area contributed by atoms with Crippen LogP contribution in [0.1, 0.15) is 42.1 Å². The van der Waals surface area contributed by atoms with E-state index in [4.69, 9.17) is 4.74 Å². The van der Waals surface area contributed by atoms with Gasteiger partial charge in [0, 0.05) is 38.3 Å². The number of benzene rings is 2. The number of carbonyl (C=O) groups is 1. The quantitative estimate of drug-likeness (QED) is 0.306. The minimum Gasteiger partial charge on any atom is -0.489 e. The van der Waals surface area contributed by atoms with Crippen molar-refractivity contribution in [1.29, 1.82) is 0 Å². The molecule has 2 aromatic rings. The molecule has 0 aliphatic carbocycles. The maximum absolute atomic E-state index is 13.3. The molecule has 1 aliphatic rings. The molecule has 0 bridgehead atoms. The monoisotopic (exact) mass is 554 g/mol. The van der Waals surface area contributed by atoms with E-state index in [1.54, 1.807) is 19.2 Å². The standard InChI is InChI=1S/C24H31FN4O2.HI/c1-18(31-22-8-6-7-21(25)15-22)16-27-24(26-2)28-17-19-9-11-20(12-10-19)23(30)29-13-4-3-5-14-29;/h6-12,15,18H,3-5,13-14,16-17H2,1-2H3,(H2,26,27,28);1H. The van der Waals surface area contributed by atoms with E-state index < -0.39 is 0 Å². The molecular weight excluding hydrogens is 522 g/mol. The van der Waals surface area contributed by atoms with Crippen LogP contribution in [0.5, 0.6) is 5.75 Å². The van der Waals surface area contributed by atoms with Crippen LogP contribution in [0, 0.1) is 5.82 Å². The second-order valence-electron chi connectivity index (χ2n) is 7.74. The summed E-state index contributed by atoms with van der Waals surface area (Å²) in [6.45, 7) is 4.71. The highest BCUT2D eigenvalue weighted by Crippen LogP contribution is 2.15. The molecule has 1 saturated heterocycles. The van der Waals surface area contributed by atoms with E-state index in [0.29, 0.717) is 24.8 Å². The molecule has 1 heterocycles. The number of nitrogens with zero attached hydrogens (tertiary/aromatic N) is 2. The summed E-state index contributed by atoms with van der Waals surface area (Å²) in [6.07, 6.45) is 3.22. The van der Waals surface area contributed by atoms with Gasteiger partial charge in [-0.2, -0.15) is 0 Å². The van der Waals surface area contributed by atoms with E-state index in [-0.39, 0.29) is 41.8 Å². The van der Waals surface area contributed by atoms with Gasteiger partial charge in [-0.1, -0.05) is 18.2 Å². The lowest BCUT2D eigenvalue weighted by atomic mass is 10.1. The normalized spacial score (nSPS) is 14.8. The number of carbonyl (C=O) groups excluding carboxylic acids is 1. The molecule has 6 nitrogen and oxygen atoms in total. The number of nitrogens with one attached hydrogen (secondary N) is 2. The number of hydrogen-bond acceptors (Lipinski definition) is 3. The number of halogens is 2. The predicted molar refractivity (Wildman–Crippen MR) is 136 cm³/mol. The van der Waals surface area contributed by atoms with Crippen molar-refractivity contribution in [2.24, 2.45) is 4.99 Å². The number of rotatable bonds is 7. The fourth-order valence-electron chi connectivity index (χ4n) is 3.51. The van der Waals surface area contributed by atoms with Gasteiger partial charge in [-0.15, -0.1) is 24.0 Å². The zero-order valence-electron chi connectivity index (χ0n) is 18.6. The van der Waals surface area contributed by atoms with Crippen molar-refractivity contribution in [2.75, 3.05) is 26.7 Å². The number of likely N-dealkylation sites (tertiary alicyclic amines) is 1. The Morgan fingerprint density at radius 3 is 2.50 bits per heavy atom. The number of ether oxygens (including phenoxy) is 1. The summed E-state index contributed by atoms with van der Waals surface area (Å²) < 4.78 is 19.0. The third-order valence-electron chi connectivity index (χ3n) is 5.22. The summed E-state index contributed by atoms with van der Waals surface area (Å²) in [5.74, 6) is 0.933. The summed E-state index contributed by atoms with van der Waals surface area (Å²) in [5.41, 5.74) is 1.79. The van der Waals surface area contributed by atoms with Gasteiger partial charge in [0.1, 0.15) is 17.7 Å². The first-order valence-corrected chi connectivity index (χ1v) is 10.8. The lowest BCUT2D eigenvalue weighted by molar-refractivity contribution is 0.0724. The average Bonchev–Trinajstić information content (AvgIpc) is 2.79. The van der Waals surface area contributed by atoms with Gasteiger partial charge >= 0.3 is 0 Å². The van der Waals surface area contributed by atoms with Crippen molar-refractivity contribution in [3.8, 4) is 5.75 Å². The first-order valence-electron chi connectivity index (χ1n) is 10.8. The minimum atomic E-state index is -0.321. The van der Waals surface area contributed by atoms with Crippen LogP contribution in [0.15, 0.2) is 53.5 Å². The fraction of sp³-hybridized carbons (Fsp3) is 0.417. The molecule has 1 amide bonds. The van der Waals surface area contributed by atoms with Crippen LogP contribution in [-0.2, 0) is 6.54 Å². The van der Waals surface area contributed by atoms with Crippen LogP contribution >= 0.6 is 24.0 Å². The van der Waals surface area contributed by atoms with E-state index in [9.17, 15) is 9.18 Å². The summed E-state index contributed by atoms with van der Waals surface area (Å²) in [7, 11) is 1.70. The van der Waals surface area contributed by atoms with Crippen molar-refractivity contribution in [3.05, 3.63) is 65.5 Å². The fourth-order valence-corrected chi connectivity index (χ4v) is 3.51. The van der Waals surface area contributed by atoms with Crippen molar-refractivity contribution in [2.45, 2.75) is 38.8 Å². The Balaban J connectivity index is 0.00000363. The highest BCUT2D eigenvalue weighted by atomic mass is 127. The molecule has 2 aromatic carbocycles. The summed E-state index contributed by atoms with van der Waals surface area (Å²) in [4.78, 5) is 18.7. The number of aliphatic imine (C=N–C) groups is 1. The van der Waals surface area contributed by atoms with Crippen LogP contribution in [0.3, 0.4) is 0 Å². The van der Waals surface area contributed by atoms with Crippen LogP contribution in [0.25, 0.3) is 0 Å². The molecule has 8 heteroatoms. The molecule has 174 valence electrons. The van der Waals surface area contributed by atoms with Crippen LogP contribution in [0.4, 0.5) is 4.39 Å². The topological polar surface area (TPSA) is 66.0 Å². The van der Waals surface area contributed by atoms with Crippen LogP contribution < -0.4 is 15.4 Å². The third-order valence-corrected chi connectivity index (χ3v) is 5.22. The van der Waals surface area contributed by atoms with Gasteiger partial charge in [-0.3, -0.25) is 9.79 Å². The minimum absolute atomic E-state index is 0. The maximum Gasteiger partial charge on any atom is 0.253 e. The number of hydrogen-bond donors (Lipinski definition) is 2. The lowest BCUT2D eigenvalue weighted by Crippen LogP contribution is -2.41. The van der Waals surface area contributed by atoms with Gasteiger partial charge in [0.25, 0.3) is 5.91 Å². The molecule has 1 atom stereocenters. The van der Waals surface area contributed by atoms with Crippen molar-refractivity contribution >= 4 is 35.8 Å². The third kappa shape index (κ3) is 7.96. The molecule has 0 aromatic heterocycles. The van der Waals surface area contributed by atoms with Gasteiger partial charge in [0.15, 0.2) is 5.96 Å². The second kappa shape index (κ2) is 13.2. The van der Waals surface area contributed by atoms with E-state index in [0.717, 1.165) is 37.1 Å². The zero-order valence-corrected chi connectivity index (χ0v) is 21.0. The Hall–Kier alpha value is -2.36. The van der Waals surface area contributed by atoms with E-state index in [1.165, 1.54) is 18.6 Å². The largest absolute Gasteiger partial charge is 0.489 e. The molecule has 32 heavy (non-hydrogen) atoms. The second-order valence-corrected chi connectivity index (χ2v) is 7.74. The number of piperidine rings is 1. The molecule has 2 N–H and O–H groups in total. The van der Waals surface area contributed by atoms with E-state index in [2.05, 4.69) is 15.6 Å². The Morgan fingerprint density at radius 1 is 1.12 bits per heavy atom. The first kappa shape index (κ1) is 25.9. The Labute approximate surface area is 206 Å². The number of amides is 1. The highest BCUT2D eigenvalue weighted by Gasteiger charge is 2.17. The smallest absolute Gasteiger partial charge is 0.253 e. The molecule has 0 saturated carbocycles. The maximum atomic E-state index is 13.3. The molecular formula is C24H32FIN4O2. The Morgan fingerprint density at radius 2 is 1.84 bits per heavy atom. The summed E-state index contributed by atoms with van der Waals surface area (Å²) in [6, 6.07) is 13.8. The summed E-state index contributed by atoms with van der Waals surface area (Å²) in [5, 5.41) is 6.46. The lowest BCUT2D eigenvalue weighted by Gasteiger charge is -2.26. The summed E-state index contributed by atoms with van der Waals surface area (Å²) >= 11 is 0. The van der Waals surface area contributed by atoms with Crippen molar-refractivity contribution in [1.82, 2.24) is 15.5 Å². The van der Waals surface area contributed by atoms with Crippen molar-refractivity contribution in [3.63, 3.8) is 0 Å². The van der Waals surface area contributed by atoms with Crippen molar-refractivity contribution < 1.29 is 13.9 Å². The average molecular weight is 554 g/mol. The number of guanidine groups is 1. The zero-order chi connectivity index (χ0) is 22.1. The van der Waals surface area contributed by atoms with Gasteiger partial charge in [-0.05, 0) is 56.0 Å². The van der Waals surface area contributed by atoms with Crippen LogP contribution in [0.2, 0.25) is 0 Å². The molecule has 1 unspecified atom stereocenters. The van der Waals surface area contributed by atoms with E-state index in [1.807, 2.05) is 36.1 Å².